The molecule has 0 aromatic heterocycles. The third-order valence-corrected chi connectivity index (χ3v) is 3.30. The zero-order valence-corrected chi connectivity index (χ0v) is 12.1. The second-order valence-corrected chi connectivity index (χ2v) is 5.21. The van der Waals surface area contributed by atoms with Crippen LogP contribution in [-0.2, 0) is 10.4 Å². The molecule has 0 saturated heterocycles. The van der Waals surface area contributed by atoms with Gasteiger partial charge in [-0.05, 0) is 30.7 Å². The minimum atomic E-state index is -1.33. The van der Waals surface area contributed by atoms with Crippen molar-refractivity contribution in [2.45, 2.75) is 18.9 Å². The molecule has 1 amide bonds. The number of phenolic OH excluding ortho intramolecular Hbond substituents is 1. The lowest BCUT2D eigenvalue weighted by atomic mass is 9.92. The first kappa shape index (κ1) is 15.5. The zero-order chi connectivity index (χ0) is 16.2. The second kappa shape index (κ2) is 6.29. The highest BCUT2D eigenvalue weighted by Crippen LogP contribution is 2.27. The number of carbonyl (C=O) groups excluding carboxylic acids is 1. The van der Waals surface area contributed by atoms with Gasteiger partial charge in [0.05, 0.1) is 29.3 Å². The summed E-state index contributed by atoms with van der Waals surface area (Å²) in [6.45, 7) is 1.55. The van der Waals surface area contributed by atoms with Gasteiger partial charge >= 0.3 is 0 Å². The first-order valence-corrected chi connectivity index (χ1v) is 6.73. The molecule has 2 rings (SSSR count). The maximum Gasteiger partial charge on any atom is 0.227 e. The molecular weight excluding hydrogens is 280 g/mol. The fraction of sp³-hybridized carbons (Fsp3) is 0.176. The molecule has 5 heteroatoms. The van der Waals surface area contributed by atoms with Crippen molar-refractivity contribution in [3.8, 4) is 11.8 Å². The summed E-state index contributed by atoms with van der Waals surface area (Å²) in [7, 11) is 0. The Balaban J connectivity index is 2.12. The van der Waals surface area contributed by atoms with E-state index in [1.54, 1.807) is 31.2 Å². The maximum atomic E-state index is 12.1. The van der Waals surface area contributed by atoms with Crippen molar-refractivity contribution in [1.82, 2.24) is 0 Å². The topological polar surface area (TPSA) is 93.4 Å². The number of carbonyl (C=O) groups is 1. The third kappa shape index (κ3) is 3.62. The largest absolute Gasteiger partial charge is 0.506 e. The Morgan fingerprint density at radius 1 is 1.27 bits per heavy atom. The Bertz CT molecular complexity index is 718. The predicted molar refractivity (Wildman–Crippen MR) is 82.1 cm³/mol. The summed E-state index contributed by atoms with van der Waals surface area (Å²) >= 11 is 0. The van der Waals surface area contributed by atoms with Crippen LogP contribution in [0.5, 0.6) is 5.75 Å². The lowest BCUT2D eigenvalue weighted by Crippen LogP contribution is -2.28. The minimum Gasteiger partial charge on any atom is -0.506 e. The van der Waals surface area contributed by atoms with E-state index in [-0.39, 0.29) is 17.9 Å². The van der Waals surface area contributed by atoms with Gasteiger partial charge in [0.1, 0.15) is 5.75 Å². The number of aromatic hydroxyl groups is 1. The first-order chi connectivity index (χ1) is 10.4. The minimum absolute atomic E-state index is 0.133. The molecule has 0 aliphatic carbocycles. The summed E-state index contributed by atoms with van der Waals surface area (Å²) in [6.07, 6.45) is -0.173. The summed E-state index contributed by atoms with van der Waals surface area (Å²) in [5.74, 6) is -0.592. The highest BCUT2D eigenvalue weighted by molar-refractivity contribution is 5.93. The monoisotopic (exact) mass is 296 g/mol. The quantitative estimate of drug-likeness (QED) is 0.756. The number of benzene rings is 2. The van der Waals surface area contributed by atoms with Crippen LogP contribution in [0.2, 0.25) is 0 Å². The SMILES string of the molecule is CC(O)(CC(=O)Nc1cc(C#N)ccc1O)c1ccccc1. The summed E-state index contributed by atoms with van der Waals surface area (Å²) in [5, 5.41) is 31.5. The predicted octanol–water partition coefficient (Wildman–Crippen LogP) is 2.50. The fourth-order valence-electron chi connectivity index (χ4n) is 2.11. The van der Waals surface area contributed by atoms with E-state index < -0.39 is 11.5 Å². The van der Waals surface area contributed by atoms with Crippen LogP contribution in [0.4, 0.5) is 5.69 Å². The van der Waals surface area contributed by atoms with Crippen LogP contribution in [0.15, 0.2) is 48.5 Å². The van der Waals surface area contributed by atoms with Gasteiger partial charge in [0.25, 0.3) is 0 Å². The van der Waals surface area contributed by atoms with Gasteiger partial charge in [-0.2, -0.15) is 5.26 Å². The van der Waals surface area contributed by atoms with Crippen molar-refractivity contribution in [3.05, 3.63) is 59.7 Å². The molecule has 0 aliphatic heterocycles. The lowest BCUT2D eigenvalue weighted by Gasteiger charge is -2.23. The number of hydrogen-bond acceptors (Lipinski definition) is 4. The summed E-state index contributed by atoms with van der Waals surface area (Å²) < 4.78 is 0. The van der Waals surface area contributed by atoms with Gasteiger partial charge in [-0.15, -0.1) is 0 Å². The molecule has 3 N–H and O–H groups in total. The number of anilines is 1. The lowest BCUT2D eigenvalue weighted by molar-refractivity contribution is -0.120. The van der Waals surface area contributed by atoms with Gasteiger partial charge in [-0.1, -0.05) is 30.3 Å². The highest BCUT2D eigenvalue weighted by atomic mass is 16.3. The van der Waals surface area contributed by atoms with E-state index in [0.717, 1.165) is 0 Å². The molecular formula is C17H16N2O3. The van der Waals surface area contributed by atoms with Crippen LogP contribution >= 0.6 is 0 Å². The van der Waals surface area contributed by atoms with Gasteiger partial charge in [0.15, 0.2) is 0 Å². The van der Waals surface area contributed by atoms with Crippen LogP contribution < -0.4 is 5.32 Å². The number of rotatable bonds is 4. The number of nitriles is 1. The van der Waals surface area contributed by atoms with E-state index in [2.05, 4.69) is 5.32 Å². The van der Waals surface area contributed by atoms with E-state index in [0.29, 0.717) is 11.1 Å². The van der Waals surface area contributed by atoms with Crippen LogP contribution in [0, 0.1) is 11.3 Å². The van der Waals surface area contributed by atoms with E-state index in [1.165, 1.54) is 18.2 Å². The van der Waals surface area contributed by atoms with Gasteiger partial charge in [0.2, 0.25) is 5.91 Å². The molecule has 0 fully saturated rings. The molecule has 0 spiro atoms. The van der Waals surface area contributed by atoms with Crippen LogP contribution in [-0.4, -0.2) is 16.1 Å². The van der Waals surface area contributed by atoms with Crippen molar-refractivity contribution in [2.24, 2.45) is 0 Å². The molecule has 2 aromatic carbocycles. The Kier molecular flexibility index (Phi) is 4.44. The molecule has 0 aliphatic rings. The molecule has 0 bridgehead atoms. The molecule has 0 saturated carbocycles. The molecule has 112 valence electrons. The second-order valence-electron chi connectivity index (χ2n) is 5.21. The average Bonchev–Trinajstić information content (AvgIpc) is 2.50. The first-order valence-electron chi connectivity index (χ1n) is 6.73. The number of nitrogens with one attached hydrogen (secondary N) is 1. The van der Waals surface area contributed by atoms with Crippen molar-refractivity contribution >= 4 is 11.6 Å². The van der Waals surface area contributed by atoms with Crippen molar-refractivity contribution in [1.29, 1.82) is 5.26 Å². The van der Waals surface area contributed by atoms with Crippen molar-refractivity contribution < 1.29 is 15.0 Å². The number of phenols is 1. The van der Waals surface area contributed by atoms with Crippen molar-refractivity contribution in [2.75, 3.05) is 5.32 Å². The fourth-order valence-corrected chi connectivity index (χ4v) is 2.11. The number of amides is 1. The zero-order valence-electron chi connectivity index (χ0n) is 12.1. The standard InChI is InChI=1S/C17H16N2O3/c1-17(22,13-5-3-2-4-6-13)10-16(21)19-14-9-12(11-18)7-8-15(14)20/h2-9,20,22H,10H2,1H3,(H,19,21). The molecule has 1 unspecified atom stereocenters. The van der Waals surface area contributed by atoms with Gasteiger partial charge in [-0.25, -0.2) is 0 Å². The Morgan fingerprint density at radius 2 is 1.95 bits per heavy atom. The van der Waals surface area contributed by atoms with E-state index in [1.807, 2.05) is 12.1 Å². The molecule has 1 atom stereocenters. The Morgan fingerprint density at radius 3 is 2.59 bits per heavy atom. The average molecular weight is 296 g/mol. The van der Waals surface area contributed by atoms with Crippen LogP contribution in [0.1, 0.15) is 24.5 Å². The van der Waals surface area contributed by atoms with Crippen LogP contribution in [0.25, 0.3) is 0 Å². The summed E-state index contributed by atoms with van der Waals surface area (Å²) in [4.78, 5) is 12.1. The molecule has 5 nitrogen and oxygen atoms in total. The van der Waals surface area contributed by atoms with Crippen LogP contribution in [0.3, 0.4) is 0 Å². The summed E-state index contributed by atoms with van der Waals surface area (Å²) in [5.41, 5.74) is -0.232. The van der Waals surface area contributed by atoms with E-state index >= 15 is 0 Å². The van der Waals surface area contributed by atoms with E-state index in [9.17, 15) is 15.0 Å². The summed E-state index contributed by atoms with van der Waals surface area (Å²) in [6, 6.07) is 15.0. The smallest absolute Gasteiger partial charge is 0.227 e. The maximum absolute atomic E-state index is 12.1. The molecule has 2 aromatic rings. The third-order valence-electron chi connectivity index (χ3n) is 3.30. The molecule has 22 heavy (non-hydrogen) atoms. The highest BCUT2D eigenvalue weighted by Gasteiger charge is 2.26. The normalized spacial score (nSPS) is 13.0. The molecule has 0 heterocycles. The van der Waals surface area contributed by atoms with Gasteiger partial charge in [0, 0.05) is 0 Å². The molecule has 0 radical (unpaired) electrons. The number of nitrogens with zero attached hydrogens (tertiary/aromatic N) is 1. The van der Waals surface area contributed by atoms with Gasteiger partial charge < -0.3 is 15.5 Å². The number of aliphatic hydroxyl groups is 1. The number of hydrogen-bond donors (Lipinski definition) is 3. The Hall–Kier alpha value is -2.84. The Labute approximate surface area is 128 Å². The van der Waals surface area contributed by atoms with Crippen molar-refractivity contribution in [3.63, 3.8) is 0 Å². The van der Waals surface area contributed by atoms with Gasteiger partial charge in [-0.3, -0.25) is 4.79 Å². The van der Waals surface area contributed by atoms with E-state index in [4.69, 9.17) is 5.26 Å².